The molecule has 0 aliphatic carbocycles. The highest BCUT2D eigenvalue weighted by atomic mass is 16.5. The zero-order valence-corrected chi connectivity index (χ0v) is 15.9. The van der Waals surface area contributed by atoms with Gasteiger partial charge in [-0.15, -0.1) is 0 Å². The summed E-state index contributed by atoms with van der Waals surface area (Å²) in [5.41, 5.74) is -0.0514. The molecular formula is C18H37NO4. The topological polar surface area (TPSA) is 67.8 Å². The van der Waals surface area contributed by atoms with E-state index in [4.69, 9.17) is 9.47 Å². The number of nitrogens with one attached hydrogen (secondary N) is 1. The van der Waals surface area contributed by atoms with Gasteiger partial charge in [0.2, 0.25) is 0 Å². The van der Waals surface area contributed by atoms with Crippen LogP contribution in [0.4, 0.5) is 0 Å². The summed E-state index contributed by atoms with van der Waals surface area (Å²) in [6.07, 6.45) is 1.69. The van der Waals surface area contributed by atoms with Crippen LogP contribution in [0.25, 0.3) is 0 Å². The lowest BCUT2D eigenvalue weighted by Gasteiger charge is -2.20. The number of carbonyl (C=O) groups is 1. The third-order valence-electron chi connectivity index (χ3n) is 3.48. The van der Waals surface area contributed by atoms with Gasteiger partial charge in [-0.1, -0.05) is 41.5 Å². The van der Waals surface area contributed by atoms with Crippen molar-refractivity contribution >= 4 is 5.78 Å². The number of ketones is 1. The van der Waals surface area contributed by atoms with Gasteiger partial charge < -0.3 is 14.6 Å². The minimum absolute atomic E-state index is 0.215. The monoisotopic (exact) mass is 331 g/mol. The highest BCUT2D eigenvalue weighted by Gasteiger charge is 2.20. The van der Waals surface area contributed by atoms with Gasteiger partial charge in [0.25, 0.3) is 0 Å². The van der Waals surface area contributed by atoms with Crippen LogP contribution in [-0.4, -0.2) is 50.1 Å². The van der Waals surface area contributed by atoms with Crippen LogP contribution in [0, 0.1) is 10.8 Å². The quantitative estimate of drug-likeness (QED) is 0.425. The van der Waals surface area contributed by atoms with Gasteiger partial charge in [-0.05, 0) is 18.3 Å². The normalized spacial score (nSPS) is 14.0. The third kappa shape index (κ3) is 14.8. The Labute approximate surface area is 142 Å². The van der Waals surface area contributed by atoms with E-state index < -0.39 is 6.23 Å². The highest BCUT2D eigenvalue weighted by molar-refractivity contribution is 5.83. The van der Waals surface area contributed by atoms with Crippen LogP contribution in [0.2, 0.25) is 0 Å². The number of ether oxygens (including phenoxy) is 2. The van der Waals surface area contributed by atoms with Gasteiger partial charge in [-0.25, -0.2) is 0 Å². The molecule has 0 aromatic heterocycles. The maximum absolute atomic E-state index is 11.7. The maximum Gasteiger partial charge on any atom is 0.140 e. The Morgan fingerprint density at radius 2 is 1.57 bits per heavy atom. The van der Waals surface area contributed by atoms with Crippen LogP contribution in [0.15, 0.2) is 0 Å². The van der Waals surface area contributed by atoms with E-state index in [0.29, 0.717) is 39.4 Å². The molecule has 0 rings (SSSR count). The van der Waals surface area contributed by atoms with Crippen molar-refractivity contribution in [1.29, 1.82) is 0 Å². The Balaban J connectivity index is 3.39. The minimum Gasteiger partial charge on any atom is -0.379 e. The number of aliphatic hydroxyl groups excluding tert-OH is 1. The lowest BCUT2D eigenvalue weighted by atomic mass is 9.89. The Morgan fingerprint density at radius 1 is 1.00 bits per heavy atom. The maximum atomic E-state index is 11.7. The summed E-state index contributed by atoms with van der Waals surface area (Å²) in [5, 5.41) is 12.8. The molecule has 0 saturated carbocycles. The summed E-state index contributed by atoms with van der Waals surface area (Å²) >= 11 is 0. The number of hydrogen-bond acceptors (Lipinski definition) is 5. The molecule has 23 heavy (non-hydrogen) atoms. The van der Waals surface area contributed by atoms with Gasteiger partial charge in [0.1, 0.15) is 12.0 Å². The van der Waals surface area contributed by atoms with Crippen molar-refractivity contribution in [2.24, 2.45) is 10.8 Å². The van der Waals surface area contributed by atoms with Crippen molar-refractivity contribution < 1.29 is 19.4 Å². The van der Waals surface area contributed by atoms with Gasteiger partial charge in [0.05, 0.1) is 26.4 Å². The van der Waals surface area contributed by atoms with Gasteiger partial charge in [-0.2, -0.15) is 0 Å². The zero-order valence-electron chi connectivity index (χ0n) is 15.9. The van der Waals surface area contributed by atoms with E-state index in [1.165, 1.54) is 0 Å². The molecular weight excluding hydrogens is 294 g/mol. The van der Waals surface area contributed by atoms with Crippen LogP contribution < -0.4 is 5.32 Å². The second kappa shape index (κ2) is 11.1. The fourth-order valence-corrected chi connectivity index (χ4v) is 1.83. The van der Waals surface area contributed by atoms with Crippen LogP contribution >= 0.6 is 0 Å². The van der Waals surface area contributed by atoms with E-state index >= 15 is 0 Å². The van der Waals surface area contributed by atoms with E-state index in [9.17, 15) is 9.90 Å². The van der Waals surface area contributed by atoms with Crippen LogP contribution in [0.1, 0.15) is 60.8 Å². The van der Waals surface area contributed by atoms with Crippen LogP contribution in [0.5, 0.6) is 0 Å². The third-order valence-corrected chi connectivity index (χ3v) is 3.48. The number of carbonyl (C=O) groups excluding carboxylic acids is 1. The minimum atomic E-state index is -0.475. The molecule has 0 aliphatic heterocycles. The molecule has 0 aliphatic rings. The first-order chi connectivity index (χ1) is 10.5. The van der Waals surface area contributed by atoms with E-state index in [1.54, 1.807) is 0 Å². The molecule has 0 spiro atoms. The molecule has 1 unspecified atom stereocenters. The van der Waals surface area contributed by atoms with Gasteiger partial charge >= 0.3 is 0 Å². The fraction of sp³-hybridized carbons (Fsp3) is 0.944. The molecule has 0 aromatic rings. The summed E-state index contributed by atoms with van der Waals surface area (Å²) in [7, 11) is 0. The van der Waals surface area contributed by atoms with Crippen LogP contribution in [0.3, 0.4) is 0 Å². The van der Waals surface area contributed by atoms with Crippen LogP contribution in [-0.2, 0) is 14.3 Å². The molecule has 2 N–H and O–H groups in total. The zero-order chi connectivity index (χ0) is 17.9. The van der Waals surface area contributed by atoms with Crippen molar-refractivity contribution in [3.63, 3.8) is 0 Å². The first-order valence-electron chi connectivity index (χ1n) is 8.62. The first-order valence-corrected chi connectivity index (χ1v) is 8.62. The molecule has 0 bridgehead atoms. The SMILES string of the molecule is CC(C)(C)CCC(O)NCCOCCOCCC(=O)C(C)(C)C. The summed E-state index contributed by atoms with van der Waals surface area (Å²) in [6, 6.07) is 0. The molecule has 0 heterocycles. The van der Waals surface area contributed by atoms with Gasteiger partial charge in [0.15, 0.2) is 0 Å². The molecule has 0 amide bonds. The predicted octanol–water partition coefficient (Wildman–Crippen LogP) is 2.76. The van der Waals surface area contributed by atoms with Crippen molar-refractivity contribution in [3.05, 3.63) is 0 Å². The Morgan fingerprint density at radius 3 is 2.09 bits per heavy atom. The lowest BCUT2D eigenvalue weighted by Crippen LogP contribution is -2.32. The van der Waals surface area contributed by atoms with E-state index in [-0.39, 0.29) is 16.6 Å². The second-order valence-corrected chi connectivity index (χ2v) is 8.22. The molecule has 0 saturated heterocycles. The average Bonchev–Trinajstić information content (AvgIpc) is 2.41. The number of Topliss-reactive ketones (excluding diaryl/α,β-unsaturated/α-hetero) is 1. The molecule has 0 aromatic carbocycles. The number of aliphatic hydroxyl groups is 1. The first kappa shape index (κ1) is 22.5. The average molecular weight is 331 g/mol. The van der Waals surface area contributed by atoms with Crippen molar-refractivity contribution in [3.8, 4) is 0 Å². The van der Waals surface area contributed by atoms with E-state index in [0.717, 1.165) is 12.8 Å². The molecule has 1 atom stereocenters. The highest BCUT2D eigenvalue weighted by Crippen LogP contribution is 2.21. The largest absolute Gasteiger partial charge is 0.379 e. The van der Waals surface area contributed by atoms with Crippen molar-refractivity contribution in [2.45, 2.75) is 67.0 Å². The Bertz CT molecular complexity index is 318. The van der Waals surface area contributed by atoms with E-state index in [2.05, 4.69) is 26.1 Å². The van der Waals surface area contributed by atoms with Crippen molar-refractivity contribution in [2.75, 3.05) is 33.0 Å². The summed E-state index contributed by atoms with van der Waals surface area (Å²) in [4.78, 5) is 11.7. The predicted molar refractivity (Wildman–Crippen MR) is 93.4 cm³/mol. The summed E-state index contributed by atoms with van der Waals surface area (Å²) in [6.45, 7) is 14.8. The van der Waals surface area contributed by atoms with Gasteiger partial charge in [-0.3, -0.25) is 10.1 Å². The Hall–Kier alpha value is -0.490. The standard InChI is InChI=1S/C18H37NO4/c1-17(2,3)9-7-16(21)19-10-12-23-14-13-22-11-8-15(20)18(4,5)6/h16,19,21H,7-14H2,1-6H3. The molecule has 5 nitrogen and oxygen atoms in total. The Kier molecular flexibility index (Phi) is 10.9. The molecule has 138 valence electrons. The van der Waals surface area contributed by atoms with E-state index in [1.807, 2.05) is 20.8 Å². The molecule has 5 heteroatoms. The van der Waals surface area contributed by atoms with Gasteiger partial charge in [0, 0.05) is 18.4 Å². The fourth-order valence-electron chi connectivity index (χ4n) is 1.83. The molecule has 0 radical (unpaired) electrons. The number of hydrogen-bond donors (Lipinski definition) is 2. The summed E-state index contributed by atoms with van der Waals surface area (Å²) in [5.74, 6) is 0.215. The summed E-state index contributed by atoms with van der Waals surface area (Å²) < 4.78 is 10.8. The lowest BCUT2D eigenvalue weighted by molar-refractivity contribution is -0.127. The smallest absolute Gasteiger partial charge is 0.140 e. The number of rotatable bonds is 12. The second-order valence-electron chi connectivity index (χ2n) is 8.22. The van der Waals surface area contributed by atoms with Crippen molar-refractivity contribution in [1.82, 2.24) is 5.32 Å². The molecule has 0 fully saturated rings.